The molecule has 0 radical (unpaired) electrons. The molecule has 0 aliphatic rings. The fourth-order valence-electron chi connectivity index (χ4n) is 1.49. The van der Waals surface area contributed by atoms with Crippen molar-refractivity contribution in [2.75, 3.05) is 5.73 Å². The van der Waals surface area contributed by atoms with Gasteiger partial charge in [0, 0.05) is 6.07 Å². The van der Waals surface area contributed by atoms with Crippen molar-refractivity contribution >= 4 is 5.69 Å². The lowest BCUT2D eigenvalue weighted by molar-refractivity contribution is 0.485. The predicted molar refractivity (Wildman–Crippen MR) is 66.8 cm³/mol. The molecule has 0 spiro atoms. The van der Waals surface area contributed by atoms with Gasteiger partial charge in [-0.1, -0.05) is 18.2 Å². The molecule has 0 heterocycles. The Morgan fingerprint density at radius 1 is 0.944 bits per heavy atom. The summed E-state index contributed by atoms with van der Waals surface area (Å²) in [6.07, 6.45) is 0. The number of nitrogens with zero attached hydrogens (tertiary/aromatic N) is 2. The second-order valence-corrected chi connectivity index (χ2v) is 3.57. The monoisotopic (exact) mass is 235 g/mol. The van der Waals surface area contributed by atoms with E-state index in [1.165, 1.54) is 12.1 Å². The average molecular weight is 235 g/mol. The first-order valence-electron chi connectivity index (χ1n) is 5.21. The van der Waals surface area contributed by atoms with E-state index >= 15 is 0 Å². The quantitative estimate of drug-likeness (QED) is 0.811. The van der Waals surface area contributed by atoms with E-state index in [4.69, 9.17) is 21.0 Å². The molecular formula is C14H9N3O. The normalized spacial score (nSPS) is 9.22. The summed E-state index contributed by atoms with van der Waals surface area (Å²) in [4.78, 5) is 0. The maximum Gasteiger partial charge on any atom is 0.151 e. The van der Waals surface area contributed by atoms with Crippen LogP contribution in [-0.2, 0) is 0 Å². The van der Waals surface area contributed by atoms with E-state index < -0.39 is 0 Å². The number of nitriles is 2. The lowest BCUT2D eigenvalue weighted by atomic mass is 10.1. The van der Waals surface area contributed by atoms with Crippen molar-refractivity contribution in [3.05, 3.63) is 53.6 Å². The lowest BCUT2D eigenvalue weighted by Gasteiger charge is -2.09. The highest BCUT2D eigenvalue weighted by atomic mass is 16.5. The van der Waals surface area contributed by atoms with Gasteiger partial charge in [-0.05, 0) is 18.2 Å². The molecule has 0 aliphatic heterocycles. The minimum absolute atomic E-state index is 0.246. The third kappa shape index (κ3) is 2.23. The van der Waals surface area contributed by atoms with E-state index in [-0.39, 0.29) is 11.1 Å². The minimum Gasteiger partial charge on any atom is -0.455 e. The van der Waals surface area contributed by atoms with Crippen LogP contribution in [0.15, 0.2) is 42.5 Å². The highest BCUT2D eigenvalue weighted by Crippen LogP contribution is 2.29. The number of ether oxygens (including phenoxy) is 1. The van der Waals surface area contributed by atoms with Gasteiger partial charge in [-0.25, -0.2) is 0 Å². The topological polar surface area (TPSA) is 82.8 Å². The maximum absolute atomic E-state index is 8.93. The van der Waals surface area contributed by atoms with Gasteiger partial charge in [0.05, 0.1) is 16.8 Å². The molecule has 2 N–H and O–H groups in total. The zero-order valence-corrected chi connectivity index (χ0v) is 9.42. The standard InChI is InChI=1S/C14H9N3O/c15-8-10-6-13(17)14(7-11(10)9-16)18-12-4-2-1-3-5-12/h1-7H,17H2. The van der Waals surface area contributed by atoms with Crippen LogP contribution in [0.4, 0.5) is 5.69 Å². The fourth-order valence-corrected chi connectivity index (χ4v) is 1.49. The second-order valence-electron chi connectivity index (χ2n) is 3.57. The summed E-state index contributed by atoms with van der Waals surface area (Å²) in [5.41, 5.74) is 6.60. The molecule has 18 heavy (non-hydrogen) atoms. The van der Waals surface area contributed by atoms with Crippen LogP contribution in [0.3, 0.4) is 0 Å². The summed E-state index contributed by atoms with van der Waals surface area (Å²) in [5, 5.41) is 17.8. The second kappa shape index (κ2) is 4.90. The summed E-state index contributed by atoms with van der Waals surface area (Å²) in [6.45, 7) is 0. The average Bonchev–Trinajstić information content (AvgIpc) is 2.41. The molecule has 0 aromatic heterocycles. The zero-order valence-electron chi connectivity index (χ0n) is 9.42. The molecule has 0 saturated heterocycles. The van der Waals surface area contributed by atoms with Gasteiger partial charge in [-0.15, -0.1) is 0 Å². The highest BCUT2D eigenvalue weighted by Gasteiger charge is 2.09. The number of anilines is 1. The van der Waals surface area contributed by atoms with Crippen molar-refractivity contribution in [1.82, 2.24) is 0 Å². The van der Waals surface area contributed by atoms with Crippen molar-refractivity contribution in [1.29, 1.82) is 10.5 Å². The molecule has 0 amide bonds. The number of nitrogens with two attached hydrogens (primary N) is 1. The molecule has 2 aromatic carbocycles. The molecule has 86 valence electrons. The zero-order chi connectivity index (χ0) is 13.0. The molecule has 4 nitrogen and oxygen atoms in total. The van der Waals surface area contributed by atoms with Crippen LogP contribution >= 0.6 is 0 Å². The fraction of sp³-hybridized carbons (Fsp3) is 0. The Balaban J connectivity index is 2.41. The summed E-state index contributed by atoms with van der Waals surface area (Å²) >= 11 is 0. The highest BCUT2D eigenvalue weighted by molar-refractivity contribution is 5.63. The van der Waals surface area contributed by atoms with Gasteiger partial charge in [-0.3, -0.25) is 0 Å². The van der Waals surface area contributed by atoms with Crippen molar-refractivity contribution < 1.29 is 4.74 Å². The van der Waals surface area contributed by atoms with Crippen LogP contribution in [0.5, 0.6) is 11.5 Å². The van der Waals surface area contributed by atoms with Crippen LogP contribution in [0.1, 0.15) is 11.1 Å². The molecular weight excluding hydrogens is 226 g/mol. The summed E-state index contributed by atoms with van der Waals surface area (Å²) in [6, 6.07) is 15.9. The summed E-state index contributed by atoms with van der Waals surface area (Å²) in [7, 11) is 0. The summed E-state index contributed by atoms with van der Waals surface area (Å²) in [5.74, 6) is 0.995. The van der Waals surface area contributed by atoms with Gasteiger partial charge in [0.1, 0.15) is 17.9 Å². The molecule has 0 saturated carbocycles. The van der Waals surface area contributed by atoms with Crippen molar-refractivity contribution in [3.8, 4) is 23.6 Å². The van der Waals surface area contributed by atoms with E-state index in [1.807, 2.05) is 30.3 Å². The van der Waals surface area contributed by atoms with Gasteiger partial charge in [-0.2, -0.15) is 10.5 Å². The number of rotatable bonds is 2. The Bertz CT molecular complexity index is 651. The van der Waals surface area contributed by atoms with Crippen LogP contribution in [0, 0.1) is 22.7 Å². The van der Waals surface area contributed by atoms with E-state index in [0.29, 0.717) is 17.2 Å². The van der Waals surface area contributed by atoms with E-state index in [0.717, 1.165) is 0 Å². The van der Waals surface area contributed by atoms with Gasteiger partial charge >= 0.3 is 0 Å². The van der Waals surface area contributed by atoms with E-state index in [2.05, 4.69) is 0 Å². The Morgan fingerprint density at radius 3 is 2.17 bits per heavy atom. The third-order valence-corrected chi connectivity index (χ3v) is 2.36. The predicted octanol–water partition coefficient (Wildman–Crippen LogP) is 2.80. The van der Waals surface area contributed by atoms with Crippen molar-refractivity contribution in [2.45, 2.75) is 0 Å². The number of para-hydroxylation sites is 1. The molecule has 4 heteroatoms. The van der Waals surface area contributed by atoms with Crippen molar-refractivity contribution in [3.63, 3.8) is 0 Å². The Hall–Kier alpha value is -2.98. The molecule has 0 bridgehead atoms. The van der Waals surface area contributed by atoms with Gasteiger partial charge in [0.25, 0.3) is 0 Å². The molecule has 0 aliphatic carbocycles. The van der Waals surface area contributed by atoms with Crippen LogP contribution in [-0.4, -0.2) is 0 Å². The first kappa shape index (κ1) is 11.5. The first-order chi connectivity index (χ1) is 8.74. The van der Waals surface area contributed by atoms with Gasteiger partial charge < -0.3 is 10.5 Å². The number of hydrogen-bond donors (Lipinski definition) is 1. The smallest absolute Gasteiger partial charge is 0.151 e. The first-order valence-corrected chi connectivity index (χ1v) is 5.21. The van der Waals surface area contributed by atoms with Gasteiger partial charge in [0.15, 0.2) is 5.75 Å². The molecule has 0 unspecified atom stereocenters. The van der Waals surface area contributed by atoms with Crippen LogP contribution in [0.2, 0.25) is 0 Å². The Kier molecular flexibility index (Phi) is 3.13. The Morgan fingerprint density at radius 2 is 1.56 bits per heavy atom. The Labute approximate surface area is 104 Å². The van der Waals surface area contributed by atoms with E-state index in [9.17, 15) is 0 Å². The summed E-state index contributed by atoms with van der Waals surface area (Å²) < 4.78 is 5.57. The molecule has 2 aromatic rings. The number of benzene rings is 2. The number of nitrogen functional groups attached to an aromatic ring is 1. The third-order valence-electron chi connectivity index (χ3n) is 2.36. The lowest BCUT2D eigenvalue weighted by Crippen LogP contribution is -1.95. The van der Waals surface area contributed by atoms with Crippen LogP contribution in [0.25, 0.3) is 0 Å². The minimum atomic E-state index is 0.246. The van der Waals surface area contributed by atoms with Crippen molar-refractivity contribution in [2.24, 2.45) is 0 Å². The SMILES string of the molecule is N#Cc1cc(N)c(Oc2ccccc2)cc1C#N. The van der Waals surface area contributed by atoms with E-state index in [1.54, 1.807) is 12.1 Å². The molecule has 2 rings (SSSR count). The molecule has 0 atom stereocenters. The molecule has 0 fully saturated rings. The van der Waals surface area contributed by atoms with Crippen LogP contribution < -0.4 is 10.5 Å². The number of hydrogen-bond acceptors (Lipinski definition) is 4. The largest absolute Gasteiger partial charge is 0.455 e. The maximum atomic E-state index is 8.93. The van der Waals surface area contributed by atoms with Gasteiger partial charge in [0.2, 0.25) is 0 Å².